The Morgan fingerprint density at radius 3 is 2.88 bits per heavy atom. The van der Waals surface area contributed by atoms with Crippen LogP contribution in [0, 0.1) is 5.82 Å². The number of halogens is 1. The number of unbranched alkanes of at least 4 members (excludes halogenated alkanes) is 1. The number of amides is 1. The van der Waals surface area contributed by atoms with Gasteiger partial charge in [-0.1, -0.05) is 19.4 Å². The van der Waals surface area contributed by atoms with Crippen molar-refractivity contribution in [2.24, 2.45) is 0 Å². The molecule has 0 aromatic heterocycles. The van der Waals surface area contributed by atoms with E-state index in [1.165, 1.54) is 6.07 Å². The summed E-state index contributed by atoms with van der Waals surface area (Å²) in [6.45, 7) is 4.32. The molecule has 0 aliphatic heterocycles. The molecule has 0 spiro atoms. The fourth-order valence-corrected chi connectivity index (χ4v) is 1.44. The number of hydrogen-bond acceptors (Lipinski definition) is 2. The van der Waals surface area contributed by atoms with Crippen molar-refractivity contribution < 1.29 is 15.3 Å². The molecule has 3 nitrogen and oxygen atoms in total. The van der Waals surface area contributed by atoms with E-state index in [9.17, 15) is 9.18 Å². The molecule has 4 heteroatoms. The van der Waals surface area contributed by atoms with Gasteiger partial charge in [0, 0.05) is 7.97 Å². The fraction of sp³-hybridized carbons (Fsp3) is 0.462. The van der Waals surface area contributed by atoms with Crippen LogP contribution in [0.4, 0.5) is 9.18 Å². The quantitative estimate of drug-likeness (QED) is 0.856. The first-order chi connectivity index (χ1) is 8.17. The van der Waals surface area contributed by atoms with Gasteiger partial charge in [-0.05, 0) is 37.5 Å². The summed E-state index contributed by atoms with van der Waals surface area (Å²) < 4.78 is 18.3. The standard InChI is InChI=1S/C13H18FNO2.H2/c1-3-5-6-10-7-8-11(14)12(9-10)17-13(16)15-4-2;/h7-9H,3-6H2,1-2H3,(H,15,16);1H. The van der Waals surface area contributed by atoms with E-state index in [-0.39, 0.29) is 7.18 Å². The molecule has 1 rings (SSSR count). The van der Waals surface area contributed by atoms with E-state index in [0.29, 0.717) is 6.54 Å². The number of benzene rings is 1. The van der Waals surface area contributed by atoms with Gasteiger partial charge in [-0.2, -0.15) is 0 Å². The second-order valence-electron chi connectivity index (χ2n) is 3.79. The van der Waals surface area contributed by atoms with E-state index in [4.69, 9.17) is 4.74 Å². The third-order valence-electron chi connectivity index (χ3n) is 2.34. The minimum Gasteiger partial charge on any atom is -0.407 e. The molecule has 0 aliphatic carbocycles. The summed E-state index contributed by atoms with van der Waals surface area (Å²) in [5.41, 5.74) is 0.979. The lowest BCUT2D eigenvalue weighted by Gasteiger charge is -2.07. The highest BCUT2D eigenvalue weighted by molar-refractivity contribution is 5.70. The van der Waals surface area contributed by atoms with Crippen molar-refractivity contribution in [3.63, 3.8) is 0 Å². The summed E-state index contributed by atoms with van der Waals surface area (Å²) in [6.07, 6.45) is 2.34. The van der Waals surface area contributed by atoms with Crippen LogP contribution in [0.1, 0.15) is 33.7 Å². The number of ether oxygens (including phenoxy) is 1. The number of hydrogen-bond donors (Lipinski definition) is 1. The van der Waals surface area contributed by atoms with E-state index >= 15 is 0 Å². The van der Waals surface area contributed by atoms with Crippen molar-refractivity contribution in [3.05, 3.63) is 29.6 Å². The monoisotopic (exact) mass is 241 g/mol. The minimum atomic E-state index is -0.626. The van der Waals surface area contributed by atoms with Crippen molar-refractivity contribution in [1.29, 1.82) is 0 Å². The van der Waals surface area contributed by atoms with Crippen molar-refractivity contribution in [2.75, 3.05) is 6.54 Å². The lowest BCUT2D eigenvalue weighted by atomic mass is 10.1. The molecule has 0 fully saturated rings. The number of aryl methyl sites for hydroxylation is 1. The van der Waals surface area contributed by atoms with E-state index < -0.39 is 11.9 Å². The summed E-state index contributed by atoms with van der Waals surface area (Å²) in [4.78, 5) is 11.2. The maximum absolute atomic E-state index is 13.4. The molecule has 0 atom stereocenters. The Morgan fingerprint density at radius 2 is 2.24 bits per heavy atom. The lowest BCUT2D eigenvalue weighted by molar-refractivity contribution is 0.199. The summed E-state index contributed by atoms with van der Waals surface area (Å²) >= 11 is 0. The highest BCUT2D eigenvalue weighted by atomic mass is 19.1. The summed E-state index contributed by atoms with van der Waals surface area (Å²) in [7, 11) is 0. The maximum Gasteiger partial charge on any atom is 0.412 e. The van der Waals surface area contributed by atoms with Gasteiger partial charge in [-0.25, -0.2) is 9.18 Å². The molecule has 0 saturated carbocycles. The zero-order chi connectivity index (χ0) is 12.7. The summed E-state index contributed by atoms with van der Waals surface area (Å²) in [5, 5.41) is 2.46. The van der Waals surface area contributed by atoms with E-state index in [0.717, 1.165) is 24.8 Å². The van der Waals surface area contributed by atoms with Gasteiger partial charge in [-0.15, -0.1) is 0 Å². The Hall–Kier alpha value is -1.58. The van der Waals surface area contributed by atoms with Crippen LogP contribution >= 0.6 is 0 Å². The third-order valence-corrected chi connectivity index (χ3v) is 2.34. The molecule has 96 valence electrons. The normalized spacial score (nSPS) is 10.1. The van der Waals surface area contributed by atoms with Crippen molar-refractivity contribution in [2.45, 2.75) is 33.1 Å². The van der Waals surface area contributed by atoms with Crippen molar-refractivity contribution in [1.82, 2.24) is 5.32 Å². The SMILES string of the molecule is CCCCc1ccc(F)c(OC(=O)NCC)c1.[HH]. The first kappa shape index (κ1) is 13.5. The zero-order valence-corrected chi connectivity index (χ0v) is 10.3. The molecule has 1 amide bonds. The topological polar surface area (TPSA) is 38.3 Å². The van der Waals surface area contributed by atoms with Gasteiger partial charge in [0.1, 0.15) is 0 Å². The van der Waals surface area contributed by atoms with Gasteiger partial charge in [0.2, 0.25) is 0 Å². The van der Waals surface area contributed by atoms with Gasteiger partial charge in [-0.3, -0.25) is 0 Å². The number of carbonyl (C=O) groups is 1. The molecular weight excluding hydrogens is 221 g/mol. The highest BCUT2D eigenvalue weighted by Gasteiger charge is 2.09. The summed E-state index contributed by atoms with van der Waals surface area (Å²) in [6, 6.07) is 4.63. The van der Waals surface area contributed by atoms with Crippen molar-refractivity contribution >= 4 is 6.09 Å². The molecule has 0 unspecified atom stereocenters. The van der Waals surface area contributed by atoms with Gasteiger partial charge >= 0.3 is 6.09 Å². The fourth-order valence-electron chi connectivity index (χ4n) is 1.44. The molecule has 1 N–H and O–H groups in total. The van der Waals surface area contributed by atoms with Gasteiger partial charge < -0.3 is 10.1 Å². The largest absolute Gasteiger partial charge is 0.412 e. The average molecular weight is 241 g/mol. The molecule has 0 saturated heterocycles. The smallest absolute Gasteiger partial charge is 0.407 e. The van der Waals surface area contributed by atoms with Gasteiger partial charge in [0.25, 0.3) is 0 Å². The Morgan fingerprint density at radius 1 is 1.47 bits per heavy atom. The molecule has 0 aliphatic rings. The third kappa shape index (κ3) is 4.43. The lowest BCUT2D eigenvalue weighted by Crippen LogP contribution is -2.26. The molecule has 1 aromatic rings. The van der Waals surface area contributed by atoms with E-state index in [2.05, 4.69) is 12.2 Å². The van der Waals surface area contributed by atoms with Gasteiger partial charge in [0.15, 0.2) is 11.6 Å². The number of carbonyl (C=O) groups excluding carboxylic acids is 1. The van der Waals surface area contributed by atoms with E-state index in [1.54, 1.807) is 19.1 Å². The first-order valence-electron chi connectivity index (χ1n) is 5.91. The molecule has 0 heterocycles. The Labute approximate surface area is 102 Å². The Kier molecular flexibility index (Phi) is 5.46. The van der Waals surface area contributed by atoms with Crippen LogP contribution in [-0.2, 0) is 6.42 Å². The Bertz CT molecular complexity index is 385. The van der Waals surface area contributed by atoms with Crippen LogP contribution in [-0.4, -0.2) is 12.6 Å². The zero-order valence-electron chi connectivity index (χ0n) is 10.3. The van der Waals surface area contributed by atoms with Crippen LogP contribution < -0.4 is 10.1 Å². The summed E-state index contributed by atoms with van der Waals surface area (Å²) in [5.74, 6) is -0.527. The molecule has 1 aromatic carbocycles. The molecule has 0 bridgehead atoms. The number of rotatable bonds is 5. The molecule has 17 heavy (non-hydrogen) atoms. The predicted molar refractivity (Wildman–Crippen MR) is 66.8 cm³/mol. The average Bonchev–Trinajstić information content (AvgIpc) is 2.30. The highest BCUT2D eigenvalue weighted by Crippen LogP contribution is 2.20. The maximum atomic E-state index is 13.4. The van der Waals surface area contributed by atoms with Crippen LogP contribution in [0.25, 0.3) is 0 Å². The second-order valence-corrected chi connectivity index (χ2v) is 3.79. The second kappa shape index (κ2) is 6.89. The minimum absolute atomic E-state index is 0. The van der Waals surface area contributed by atoms with E-state index in [1.807, 2.05) is 0 Å². The van der Waals surface area contributed by atoms with Crippen LogP contribution in [0.3, 0.4) is 0 Å². The molecule has 0 radical (unpaired) electrons. The van der Waals surface area contributed by atoms with Crippen LogP contribution in [0.2, 0.25) is 0 Å². The van der Waals surface area contributed by atoms with Crippen molar-refractivity contribution in [3.8, 4) is 5.75 Å². The predicted octanol–water partition coefficient (Wildman–Crippen LogP) is 3.52. The first-order valence-corrected chi connectivity index (χ1v) is 5.91. The number of nitrogens with one attached hydrogen (secondary N) is 1. The Balaban J connectivity index is 0.00000289. The van der Waals surface area contributed by atoms with Gasteiger partial charge in [0.05, 0.1) is 0 Å². The van der Waals surface area contributed by atoms with Crippen LogP contribution in [0.15, 0.2) is 18.2 Å². The molecular formula is C13H20FNO2. The van der Waals surface area contributed by atoms with Crippen LogP contribution in [0.5, 0.6) is 5.75 Å².